The van der Waals surface area contributed by atoms with Gasteiger partial charge in [0.05, 0.1) is 13.0 Å². The van der Waals surface area contributed by atoms with Gasteiger partial charge in [-0.1, -0.05) is 6.58 Å². The molecule has 0 radical (unpaired) electrons. The lowest BCUT2D eigenvalue weighted by atomic mass is 10.3. The van der Waals surface area contributed by atoms with Crippen molar-refractivity contribution in [2.24, 2.45) is 0 Å². The molecule has 0 saturated heterocycles. The van der Waals surface area contributed by atoms with Crippen LogP contribution < -0.4 is 5.32 Å². The van der Waals surface area contributed by atoms with Crippen molar-refractivity contribution >= 4 is 17.7 Å². The van der Waals surface area contributed by atoms with Crippen LogP contribution in [-0.2, 0) is 19.1 Å². The third kappa shape index (κ3) is 5.08. The van der Waals surface area contributed by atoms with Gasteiger partial charge in [-0.05, 0) is 13.8 Å². The summed E-state index contributed by atoms with van der Waals surface area (Å²) in [5, 5.41) is 2.17. The number of carbonyl (C=O) groups is 3. The predicted octanol–water partition coefficient (Wildman–Crippen LogP) is 0.158. The Balaban J connectivity index is 4.00. The lowest BCUT2D eigenvalue weighted by Crippen LogP contribution is -2.28. The molecule has 5 nitrogen and oxygen atoms in total. The van der Waals surface area contributed by atoms with Crippen LogP contribution in [0.15, 0.2) is 12.3 Å². The van der Waals surface area contributed by atoms with Crippen molar-refractivity contribution < 1.29 is 19.1 Å². The SMILES string of the molecule is C=C(NC(=O)CC(C)=O)C(=O)OCC. The molecule has 0 aromatic rings. The maximum atomic E-state index is 11.0. The molecule has 14 heavy (non-hydrogen) atoms. The molecule has 0 aromatic carbocycles. The zero-order chi connectivity index (χ0) is 11.1. The van der Waals surface area contributed by atoms with Gasteiger partial charge in [0, 0.05) is 0 Å². The Morgan fingerprint density at radius 2 is 1.93 bits per heavy atom. The molecule has 5 heteroatoms. The Hall–Kier alpha value is -1.65. The molecule has 0 heterocycles. The molecule has 78 valence electrons. The zero-order valence-electron chi connectivity index (χ0n) is 8.25. The second-order valence-corrected chi connectivity index (χ2v) is 2.63. The standard InChI is InChI=1S/C9H13NO4/c1-4-14-9(13)7(3)10-8(12)5-6(2)11/h3-5H2,1-2H3,(H,10,12). The minimum absolute atomic E-state index is 0.155. The summed E-state index contributed by atoms with van der Waals surface area (Å²) < 4.78 is 4.57. The van der Waals surface area contributed by atoms with Crippen molar-refractivity contribution in [1.82, 2.24) is 5.32 Å². The molecule has 0 aliphatic carbocycles. The smallest absolute Gasteiger partial charge is 0.354 e. The summed E-state index contributed by atoms with van der Waals surface area (Å²) in [6.07, 6.45) is -0.265. The van der Waals surface area contributed by atoms with Gasteiger partial charge in [0.2, 0.25) is 5.91 Å². The second kappa shape index (κ2) is 5.90. The van der Waals surface area contributed by atoms with Crippen LogP contribution >= 0.6 is 0 Å². The van der Waals surface area contributed by atoms with Crippen LogP contribution in [-0.4, -0.2) is 24.3 Å². The molecule has 1 amide bonds. The van der Waals surface area contributed by atoms with E-state index in [1.54, 1.807) is 6.92 Å². The van der Waals surface area contributed by atoms with Gasteiger partial charge in [0.1, 0.15) is 11.5 Å². The van der Waals surface area contributed by atoms with E-state index in [4.69, 9.17) is 0 Å². The van der Waals surface area contributed by atoms with Gasteiger partial charge in [-0.25, -0.2) is 4.79 Å². The van der Waals surface area contributed by atoms with E-state index in [2.05, 4.69) is 16.6 Å². The van der Waals surface area contributed by atoms with E-state index in [1.807, 2.05) is 0 Å². The minimum atomic E-state index is -0.690. The number of ether oxygens (including phenoxy) is 1. The van der Waals surface area contributed by atoms with Crippen molar-refractivity contribution in [3.63, 3.8) is 0 Å². The number of nitrogens with one attached hydrogen (secondary N) is 1. The summed E-state index contributed by atoms with van der Waals surface area (Å²) in [4.78, 5) is 32.4. The predicted molar refractivity (Wildman–Crippen MR) is 49.2 cm³/mol. The first-order chi connectivity index (χ1) is 6.47. The number of rotatable bonds is 5. The molecule has 0 aliphatic rings. The molecule has 0 aromatic heterocycles. The van der Waals surface area contributed by atoms with E-state index >= 15 is 0 Å². The summed E-state index contributed by atoms with van der Waals surface area (Å²) >= 11 is 0. The lowest BCUT2D eigenvalue weighted by Gasteiger charge is -2.05. The molecule has 1 N–H and O–H groups in total. The molecular formula is C9H13NO4. The first-order valence-electron chi connectivity index (χ1n) is 4.12. The maximum Gasteiger partial charge on any atom is 0.354 e. The number of Topliss-reactive ketones (excluding diaryl/α,β-unsaturated/α-hetero) is 1. The van der Waals surface area contributed by atoms with Crippen molar-refractivity contribution in [3.05, 3.63) is 12.3 Å². The number of esters is 1. The highest BCUT2D eigenvalue weighted by molar-refractivity contribution is 6.00. The number of hydrogen-bond acceptors (Lipinski definition) is 4. The van der Waals surface area contributed by atoms with E-state index in [0.29, 0.717) is 0 Å². The maximum absolute atomic E-state index is 11.0. The number of amides is 1. The van der Waals surface area contributed by atoms with Gasteiger partial charge in [0.25, 0.3) is 0 Å². The lowest BCUT2D eigenvalue weighted by molar-refractivity contribution is -0.140. The highest BCUT2D eigenvalue weighted by Crippen LogP contribution is 1.92. The average molecular weight is 199 g/mol. The van der Waals surface area contributed by atoms with E-state index in [1.165, 1.54) is 6.92 Å². The van der Waals surface area contributed by atoms with Crippen LogP contribution in [0, 0.1) is 0 Å². The Labute approximate surface area is 82.1 Å². The van der Waals surface area contributed by atoms with Gasteiger partial charge in [0.15, 0.2) is 0 Å². The van der Waals surface area contributed by atoms with Crippen LogP contribution in [0.2, 0.25) is 0 Å². The number of hydrogen-bond donors (Lipinski definition) is 1. The Bertz CT molecular complexity index is 270. The molecule has 0 unspecified atom stereocenters. The zero-order valence-corrected chi connectivity index (χ0v) is 8.25. The fourth-order valence-electron chi connectivity index (χ4n) is 0.708. The largest absolute Gasteiger partial charge is 0.461 e. The van der Waals surface area contributed by atoms with Gasteiger partial charge in [-0.3, -0.25) is 9.59 Å². The van der Waals surface area contributed by atoms with E-state index in [9.17, 15) is 14.4 Å². The van der Waals surface area contributed by atoms with Crippen LogP contribution in [0.5, 0.6) is 0 Å². The molecule has 0 bridgehead atoms. The molecule has 0 saturated carbocycles. The summed E-state index contributed by atoms with van der Waals surface area (Å²) in [5.41, 5.74) is -0.155. The second-order valence-electron chi connectivity index (χ2n) is 2.63. The Morgan fingerprint density at radius 1 is 1.36 bits per heavy atom. The summed E-state index contributed by atoms with van der Waals surface area (Å²) in [6, 6.07) is 0. The summed E-state index contributed by atoms with van der Waals surface area (Å²) in [5.74, 6) is -1.53. The summed E-state index contributed by atoms with van der Waals surface area (Å²) in [6.45, 7) is 6.44. The van der Waals surface area contributed by atoms with Gasteiger partial charge >= 0.3 is 5.97 Å². The fraction of sp³-hybridized carbons (Fsp3) is 0.444. The molecular weight excluding hydrogens is 186 g/mol. The van der Waals surface area contributed by atoms with Gasteiger partial charge in [-0.15, -0.1) is 0 Å². The highest BCUT2D eigenvalue weighted by Gasteiger charge is 2.12. The highest BCUT2D eigenvalue weighted by atomic mass is 16.5. The van der Waals surface area contributed by atoms with Crippen molar-refractivity contribution in [2.75, 3.05) is 6.61 Å². The van der Waals surface area contributed by atoms with E-state index in [0.717, 1.165) is 0 Å². The molecule has 0 spiro atoms. The van der Waals surface area contributed by atoms with E-state index < -0.39 is 11.9 Å². The number of carbonyl (C=O) groups excluding carboxylic acids is 3. The molecule has 0 rings (SSSR count). The third-order valence-electron chi connectivity index (χ3n) is 1.22. The monoisotopic (exact) mass is 199 g/mol. The first kappa shape index (κ1) is 12.3. The van der Waals surface area contributed by atoms with Crippen molar-refractivity contribution in [3.8, 4) is 0 Å². The van der Waals surface area contributed by atoms with Crippen LogP contribution in [0.3, 0.4) is 0 Å². The van der Waals surface area contributed by atoms with Gasteiger partial charge in [-0.2, -0.15) is 0 Å². The van der Waals surface area contributed by atoms with Crippen molar-refractivity contribution in [1.29, 1.82) is 0 Å². The average Bonchev–Trinajstić information content (AvgIpc) is 2.02. The van der Waals surface area contributed by atoms with Crippen LogP contribution in [0.25, 0.3) is 0 Å². The third-order valence-corrected chi connectivity index (χ3v) is 1.22. The number of ketones is 1. The Kier molecular flexibility index (Phi) is 5.21. The first-order valence-corrected chi connectivity index (χ1v) is 4.12. The normalized spacial score (nSPS) is 9.00. The minimum Gasteiger partial charge on any atom is -0.461 e. The van der Waals surface area contributed by atoms with Crippen LogP contribution in [0.1, 0.15) is 20.3 Å². The van der Waals surface area contributed by atoms with E-state index in [-0.39, 0.29) is 24.5 Å². The van der Waals surface area contributed by atoms with Crippen molar-refractivity contribution in [2.45, 2.75) is 20.3 Å². The summed E-state index contributed by atoms with van der Waals surface area (Å²) in [7, 11) is 0. The van der Waals surface area contributed by atoms with Crippen LogP contribution in [0.4, 0.5) is 0 Å². The topological polar surface area (TPSA) is 72.5 Å². The molecule has 0 aliphatic heterocycles. The quantitative estimate of drug-likeness (QED) is 0.389. The Morgan fingerprint density at radius 3 is 2.36 bits per heavy atom. The fourth-order valence-corrected chi connectivity index (χ4v) is 0.708. The molecule has 0 atom stereocenters. The van der Waals surface area contributed by atoms with Gasteiger partial charge < -0.3 is 10.1 Å². The molecule has 0 fully saturated rings.